The Bertz CT molecular complexity index is 685. The Labute approximate surface area is 158 Å². The molecule has 26 heavy (non-hydrogen) atoms. The predicted molar refractivity (Wildman–Crippen MR) is 108 cm³/mol. The second-order valence-electron chi connectivity index (χ2n) is 7.04. The lowest BCUT2D eigenvalue weighted by molar-refractivity contribution is 0.394. The summed E-state index contributed by atoms with van der Waals surface area (Å²) < 4.78 is 34.3. The van der Waals surface area contributed by atoms with Crippen molar-refractivity contribution >= 4 is 10.1 Å². The van der Waals surface area contributed by atoms with E-state index in [2.05, 4.69) is 6.92 Å². The van der Waals surface area contributed by atoms with Crippen LogP contribution in [0.1, 0.15) is 50.2 Å². The molecule has 0 aliphatic carbocycles. The van der Waals surface area contributed by atoms with Crippen LogP contribution in [0.2, 0.25) is 0 Å². The number of unbranched alkanes of at least 4 members (excludes halogenated alkanes) is 3. The van der Waals surface area contributed by atoms with Gasteiger partial charge in [-0.25, -0.2) is 0 Å². The third-order valence-corrected chi connectivity index (χ3v) is 6.32. The van der Waals surface area contributed by atoms with Gasteiger partial charge in [0.25, 0.3) is 10.1 Å². The Balaban J connectivity index is 2.22. The Morgan fingerprint density at radius 3 is 1.73 bits per heavy atom. The summed E-state index contributed by atoms with van der Waals surface area (Å²) in [5.74, 6) is -0.142. The molecule has 4 heteroatoms. The van der Waals surface area contributed by atoms with E-state index in [-0.39, 0.29) is 5.92 Å². The van der Waals surface area contributed by atoms with Crippen molar-refractivity contribution in [3.8, 4) is 0 Å². The van der Waals surface area contributed by atoms with Crippen molar-refractivity contribution < 1.29 is 13.0 Å². The molecule has 142 valence electrons. The summed E-state index contributed by atoms with van der Waals surface area (Å²) in [6, 6.07) is 19.9. The SMILES string of the molecule is CCCCCCC(C(Cc1ccccc1)Cc1ccccc1)S(=O)(=O)O. The van der Waals surface area contributed by atoms with Crippen molar-refractivity contribution in [2.75, 3.05) is 0 Å². The average Bonchev–Trinajstić information content (AvgIpc) is 2.62. The lowest BCUT2D eigenvalue weighted by Crippen LogP contribution is -2.32. The Morgan fingerprint density at radius 2 is 1.31 bits per heavy atom. The second kappa shape index (κ2) is 10.5. The van der Waals surface area contributed by atoms with Crippen molar-refractivity contribution in [1.82, 2.24) is 0 Å². The number of rotatable bonds is 11. The topological polar surface area (TPSA) is 54.4 Å². The molecule has 0 aliphatic rings. The van der Waals surface area contributed by atoms with Crippen LogP contribution in [0.25, 0.3) is 0 Å². The smallest absolute Gasteiger partial charge is 0.268 e. The Hall–Kier alpha value is -1.65. The largest absolute Gasteiger partial charge is 0.285 e. The fourth-order valence-electron chi connectivity index (χ4n) is 3.57. The molecule has 0 heterocycles. The van der Waals surface area contributed by atoms with Crippen LogP contribution in [0.4, 0.5) is 0 Å². The molecule has 0 spiro atoms. The van der Waals surface area contributed by atoms with Gasteiger partial charge in [-0.05, 0) is 36.3 Å². The molecular weight excluding hydrogens is 344 g/mol. The minimum Gasteiger partial charge on any atom is -0.285 e. The van der Waals surface area contributed by atoms with E-state index in [1.165, 1.54) is 0 Å². The van der Waals surface area contributed by atoms with E-state index in [1.807, 2.05) is 60.7 Å². The van der Waals surface area contributed by atoms with E-state index < -0.39 is 15.4 Å². The van der Waals surface area contributed by atoms with Crippen LogP contribution in [-0.2, 0) is 23.0 Å². The molecule has 2 aromatic carbocycles. The zero-order chi connectivity index (χ0) is 18.8. The summed E-state index contributed by atoms with van der Waals surface area (Å²) in [6.07, 6.45) is 5.85. The highest BCUT2D eigenvalue weighted by atomic mass is 32.2. The van der Waals surface area contributed by atoms with Gasteiger partial charge in [0, 0.05) is 0 Å². The molecule has 1 atom stereocenters. The van der Waals surface area contributed by atoms with Crippen LogP contribution in [-0.4, -0.2) is 18.2 Å². The maximum atomic E-state index is 12.2. The van der Waals surface area contributed by atoms with Crippen molar-refractivity contribution in [1.29, 1.82) is 0 Å². The molecule has 0 bridgehead atoms. The highest BCUT2D eigenvalue weighted by molar-refractivity contribution is 7.86. The van der Waals surface area contributed by atoms with E-state index in [0.717, 1.165) is 36.8 Å². The molecule has 0 aromatic heterocycles. The van der Waals surface area contributed by atoms with E-state index in [4.69, 9.17) is 0 Å². The van der Waals surface area contributed by atoms with E-state index >= 15 is 0 Å². The number of hydrogen-bond donors (Lipinski definition) is 1. The molecule has 1 N–H and O–H groups in total. The molecular formula is C22H30O3S. The summed E-state index contributed by atoms with van der Waals surface area (Å²) in [6.45, 7) is 2.13. The lowest BCUT2D eigenvalue weighted by Gasteiger charge is -2.25. The predicted octanol–water partition coefficient (Wildman–Crippen LogP) is 5.31. The van der Waals surface area contributed by atoms with Gasteiger partial charge in [-0.15, -0.1) is 0 Å². The molecule has 2 rings (SSSR count). The van der Waals surface area contributed by atoms with Gasteiger partial charge in [-0.2, -0.15) is 8.42 Å². The zero-order valence-electron chi connectivity index (χ0n) is 15.5. The van der Waals surface area contributed by atoms with Gasteiger partial charge in [-0.3, -0.25) is 4.55 Å². The van der Waals surface area contributed by atoms with Crippen molar-refractivity contribution in [3.05, 3.63) is 71.8 Å². The third-order valence-electron chi connectivity index (χ3n) is 4.93. The van der Waals surface area contributed by atoms with E-state index in [0.29, 0.717) is 19.3 Å². The molecule has 3 nitrogen and oxygen atoms in total. The Morgan fingerprint density at radius 1 is 0.808 bits per heavy atom. The summed E-state index contributed by atoms with van der Waals surface area (Å²) in [4.78, 5) is 0. The number of benzene rings is 2. The first kappa shape index (κ1) is 20.7. The Kier molecular flexibility index (Phi) is 8.33. The average molecular weight is 375 g/mol. The molecule has 0 radical (unpaired) electrons. The van der Waals surface area contributed by atoms with Crippen LogP contribution in [0, 0.1) is 5.92 Å². The molecule has 0 saturated carbocycles. The molecule has 1 unspecified atom stereocenters. The third kappa shape index (κ3) is 6.93. The van der Waals surface area contributed by atoms with Crippen LogP contribution in [0.15, 0.2) is 60.7 Å². The minimum atomic E-state index is -4.09. The summed E-state index contributed by atoms with van der Waals surface area (Å²) in [5, 5.41) is -0.722. The van der Waals surface area contributed by atoms with Gasteiger partial charge >= 0.3 is 0 Å². The first-order valence-corrected chi connectivity index (χ1v) is 11.0. The van der Waals surface area contributed by atoms with Crippen LogP contribution in [0.3, 0.4) is 0 Å². The van der Waals surface area contributed by atoms with Crippen LogP contribution < -0.4 is 0 Å². The van der Waals surface area contributed by atoms with Crippen molar-refractivity contribution in [2.45, 2.75) is 57.1 Å². The normalized spacial score (nSPS) is 13.0. The van der Waals surface area contributed by atoms with Gasteiger partial charge in [0.15, 0.2) is 0 Å². The zero-order valence-corrected chi connectivity index (χ0v) is 16.4. The van der Waals surface area contributed by atoms with Gasteiger partial charge in [0.1, 0.15) is 0 Å². The van der Waals surface area contributed by atoms with E-state index in [9.17, 15) is 13.0 Å². The first-order valence-electron chi connectivity index (χ1n) is 9.55. The van der Waals surface area contributed by atoms with Gasteiger partial charge in [0.2, 0.25) is 0 Å². The summed E-state index contributed by atoms with van der Waals surface area (Å²) >= 11 is 0. The molecule has 0 aliphatic heterocycles. The van der Waals surface area contributed by atoms with Gasteiger partial charge < -0.3 is 0 Å². The van der Waals surface area contributed by atoms with Crippen LogP contribution >= 0.6 is 0 Å². The number of hydrogen-bond acceptors (Lipinski definition) is 2. The second-order valence-corrected chi connectivity index (χ2v) is 8.68. The molecule has 0 amide bonds. The van der Waals surface area contributed by atoms with E-state index in [1.54, 1.807) is 0 Å². The quantitative estimate of drug-likeness (QED) is 0.428. The monoisotopic (exact) mass is 374 g/mol. The fourth-order valence-corrected chi connectivity index (χ4v) is 4.71. The van der Waals surface area contributed by atoms with Gasteiger partial charge in [-0.1, -0.05) is 93.3 Å². The fraction of sp³-hybridized carbons (Fsp3) is 0.455. The first-order chi connectivity index (χ1) is 12.5. The summed E-state index contributed by atoms with van der Waals surface area (Å²) in [5.41, 5.74) is 2.21. The van der Waals surface area contributed by atoms with Crippen molar-refractivity contribution in [3.63, 3.8) is 0 Å². The van der Waals surface area contributed by atoms with Gasteiger partial charge in [0.05, 0.1) is 5.25 Å². The van der Waals surface area contributed by atoms with Crippen LogP contribution in [0.5, 0.6) is 0 Å². The standard InChI is InChI=1S/C22H30O3S/c1-2-3-4-11-16-22(26(23,24)25)21(17-19-12-7-5-8-13-19)18-20-14-9-6-10-15-20/h5-10,12-15,21-22H,2-4,11,16-18H2,1H3,(H,23,24,25). The van der Waals surface area contributed by atoms with Crippen molar-refractivity contribution in [2.24, 2.45) is 5.92 Å². The molecule has 0 saturated heterocycles. The highest BCUT2D eigenvalue weighted by Crippen LogP contribution is 2.26. The lowest BCUT2D eigenvalue weighted by atomic mass is 9.87. The molecule has 0 fully saturated rings. The maximum absolute atomic E-state index is 12.2. The minimum absolute atomic E-state index is 0.142. The highest BCUT2D eigenvalue weighted by Gasteiger charge is 2.32. The summed E-state index contributed by atoms with van der Waals surface area (Å²) in [7, 11) is -4.09. The molecule has 2 aromatic rings. The maximum Gasteiger partial charge on any atom is 0.268 e.